The second-order valence-corrected chi connectivity index (χ2v) is 12.0. The number of aliphatic hydroxyl groups is 4. The van der Waals surface area contributed by atoms with Crippen LogP contribution in [-0.2, 0) is 0 Å². The molecule has 0 heterocycles. The third-order valence-electron chi connectivity index (χ3n) is 10.1. The van der Waals surface area contributed by atoms with E-state index in [1.165, 1.54) is 32.6 Å². The minimum atomic E-state index is -1.68. The molecule has 0 aromatic carbocycles. The fraction of sp³-hybridized carbons (Fsp3) is 0.920. The summed E-state index contributed by atoms with van der Waals surface area (Å²) >= 11 is 0. The van der Waals surface area contributed by atoms with Gasteiger partial charge in [-0.25, -0.2) is 0 Å². The first-order valence-corrected chi connectivity index (χ1v) is 11.8. The summed E-state index contributed by atoms with van der Waals surface area (Å²) in [5.41, 5.74) is 0.483. The van der Waals surface area contributed by atoms with Crippen molar-refractivity contribution < 1.29 is 20.4 Å². The number of fused-ring (bicyclic) bond motifs is 2. The summed E-state index contributed by atoms with van der Waals surface area (Å²) in [5, 5.41) is 41.1. The zero-order valence-corrected chi connectivity index (χ0v) is 19.0. The van der Waals surface area contributed by atoms with Crippen LogP contribution in [-0.4, -0.2) is 44.8 Å². The highest BCUT2D eigenvalue weighted by molar-refractivity contribution is 5.35. The fourth-order valence-corrected chi connectivity index (χ4v) is 8.65. The summed E-state index contributed by atoms with van der Waals surface area (Å²) in [6.45, 7) is 10.4. The van der Waals surface area contributed by atoms with Crippen molar-refractivity contribution in [1.29, 1.82) is 0 Å². The molecule has 4 heteroatoms. The lowest BCUT2D eigenvalue weighted by Crippen LogP contribution is -2.53. The molecule has 4 rings (SSSR count). The summed E-state index contributed by atoms with van der Waals surface area (Å²) in [5.74, 6) is 2.57. The molecule has 3 saturated carbocycles. The summed E-state index contributed by atoms with van der Waals surface area (Å²) in [4.78, 5) is 0. The van der Waals surface area contributed by atoms with Gasteiger partial charge in [-0.2, -0.15) is 0 Å². The van der Waals surface area contributed by atoms with Crippen LogP contribution in [0.2, 0.25) is 0 Å². The molecule has 0 saturated heterocycles. The molecule has 29 heavy (non-hydrogen) atoms. The van der Waals surface area contributed by atoms with Gasteiger partial charge in [0.1, 0.15) is 11.7 Å². The molecule has 0 aliphatic heterocycles. The van der Waals surface area contributed by atoms with Crippen molar-refractivity contribution in [2.24, 2.45) is 39.9 Å². The predicted molar refractivity (Wildman–Crippen MR) is 114 cm³/mol. The molecule has 0 aromatic rings. The average molecular weight is 407 g/mol. The Bertz CT molecular complexity index is 686. The third kappa shape index (κ3) is 2.92. The Morgan fingerprint density at radius 2 is 1.79 bits per heavy atom. The van der Waals surface area contributed by atoms with E-state index in [9.17, 15) is 20.4 Å². The standard InChI is InChI=1S/C25H42O4/c1-15-8-9-25-16(2)6-7-17(25)20-22(3,12-18(15)25)10-11-23(20,4)13-19(27)21(28)24(5,29)14-26/h12,15-17,19-21,26-29H,6-11,13-14H2,1-5H3. The maximum absolute atomic E-state index is 10.9. The van der Waals surface area contributed by atoms with Gasteiger partial charge in [-0.3, -0.25) is 0 Å². The van der Waals surface area contributed by atoms with E-state index < -0.39 is 24.4 Å². The second-order valence-electron chi connectivity index (χ2n) is 12.0. The topological polar surface area (TPSA) is 80.9 Å². The minimum absolute atomic E-state index is 0.0731. The molecule has 4 aliphatic carbocycles. The SMILES string of the molecule is CC1CCC23C1=CC1(C)CCC(C)(CC(O)C(O)C(C)(O)CO)C1C2CCC3C. The van der Waals surface area contributed by atoms with Crippen molar-refractivity contribution in [3.8, 4) is 0 Å². The number of rotatable bonds is 5. The number of aliphatic hydroxyl groups excluding tert-OH is 3. The first-order valence-electron chi connectivity index (χ1n) is 11.8. The Morgan fingerprint density at radius 1 is 1.10 bits per heavy atom. The molecule has 0 amide bonds. The van der Waals surface area contributed by atoms with Crippen molar-refractivity contribution in [3.05, 3.63) is 11.6 Å². The van der Waals surface area contributed by atoms with Gasteiger partial charge >= 0.3 is 0 Å². The Balaban J connectivity index is 1.69. The van der Waals surface area contributed by atoms with Crippen LogP contribution in [0.15, 0.2) is 11.6 Å². The highest BCUT2D eigenvalue weighted by Gasteiger charge is 2.67. The van der Waals surface area contributed by atoms with Crippen LogP contribution in [0.1, 0.15) is 79.6 Å². The Labute approximate surface area is 176 Å². The van der Waals surface area contributed by atoms with Crippen LogP contribution in [0, 0.1) is 39.9 Å². The zero-order valence-electron chi connectivity index (χ0n) is 19.0. The molecular formula is C25H42O4. The van der Waals surface area contributed by atoms with Gasteiger partial charge in [0.2, 0.25) is 0 Å². The number of hydrogen-bond donors (Lipinski definition) is 4. The summed E-state index contributed by atoms with van der Waals surface area (Å²) < 4.78 is 0. The van der Waals surface area contributed by atoms with E-state index in [0.717, 1.165) is 18.8 Å². The molecule has 0 radical (unpaired) electrons. The van der Waals surface area contributed by atoms with Gasteiger partial charge in [0.25, 0.3) is 0 Å². The van der Waals surface area contributed by atoms with Gasteiger partial charge in [0, 0.05) is 0 Å². The van der Waals surface area contributed by atoms with Crippen LogP contribution in [0.4, 0.5) is 0 Å². The smallest absolute Gasteiger partial charge is 0.113 e. The van der Waals surface area contributed by atoms with Crippen molar-refractivity contribution in [1.82, 2.24) is 0 Å². The highest BCUT2D eigenvalue weighted by Crippen LogP contribution is 2.74. The summed E-state index contributed by atoms with van der Waals surface area (Å²) in [6.07, 6.45) is 8.10. The van der Waals surface area contributed by atoms with Gasteiger partial charge in [-0.1, -0.05) is 39.3 Å². The Kier molecular flexibility index (Phi) is 5.10. The van der Waals surface area contributed by atoms with Gasteiger partial charge in [-0.15, -0.1) is 0 Å². The van der Waals surface area contributed by atoms with Crippen LogP contribution >= 0.6 is 0 Å². The van der Waals surface area contributed by atoms with Crippen LogP contribution in [0.25, 0.3) is 0 Å². The average Bonchev–Trinajstić information content (AvgIpc) is 3.25. The molecule has 1 spiro atoms. The summed E-state index contributed by atoms with van der Waals surface area (Å²) in [6, 6.07) is 0. The van der Waals surface area contributed by atoms with E-state index >= 15 is 0 Å². The molecule has 0 bridgehead atoms. The van der Waals surface area contributed by atoms with E-state index in [1.807, 2.05) is 0 Å². The molecule has 10 atom stereocenters. The second kappa shape index (κ2) is 6.79. The molecule has 0 aromatic heterocycles. The maximum Gasteiger partial charge on any atom is 0.113 e. The van der Waals surface area contributed by atoms with Gasteiger partial charge in [-0.05, 0) is 91.8 Å². The summed E-state index contributed by atoms with van der Waals surface area (Å²) in [7, 11) is 0. The van der Waals surface area contributed by atoms with Gasteiger partial charge in [0.05, 0.1) is 12.7 Å². The fourth-order valence-electron chi connectivity index (χ4n) is 8.65. The monoisotopic (exact) mass is 406 g/mol. The molecular weight excluding hydrogens is 364 g/mol. The van der Waals surface area contributed by atoms with Crippen LogP contribution in [0.5, 0.6) is 0 Å². The Morgan fingerprint density at radius 3 is 2.45 bits per heavy atom. The lowest BCUT2D eigenvalue weighted by atomic mass is 9.50. The van der Waals surface area contributed by atoms with E-state index in [2.05, 4.69) is 33.8 Å². The largest absolute Gasteiger partial charge is 0.393 e. The van der Waals surface area contributed by atoms with E-state index in [-0.39, 0.29) is 10.8 Å². The lowest BCUT2D eigenvalue weighted by Gasteiger charge is -2.54. The normalized spacial score (nSPS) is 50.3. The molecule has 4 N–H and O–H groups in total. The zero-order chi connectivity index (χ0) is 21.4. The molecule has 4 nitrogen and oxygen atoms in total. The van der Waals surface area contributed by atoms with E-state index in [0.29, 0.717) is 29.6 Å². The molecule has 166 valence electrons. The quantitative estimate of drug-likeness (QED) is 0.525. The molecule has 4 aliphatic rings. The van der Waals surface area contributed by atoms with E-state index in [4.69, 9.17) is 0 Å². The molecule has 10 unspecified atom stereocenters. The third-order valence-corrected chi connectivity index (χ3v) is 10.1. The Hall–Kier alpha value is -0.420. The van der Waals surface area contributed by atoms with Crippen molar-refractivity contribution in [2.75, 3.05) is 6.61 Å². The van der Waals surface area contributed by atoms with Crippen molar-refractivity contribution >= 4 is 0 Å². The lowest BCUT2D eigenvalue weighted by molar-refractivity contribution is -0.147. The predicted octanol–water partition coefficient (Wildman–Crippen LogP) is 3.67. The highest BCUT2D eigenvalue weighted by atomic mass is 16.4. The molecule has 3 fully saturated rings. The first-order chi connectivity index (χ1) is 13.4. The van der Waals surface area contributed by atoms with Gasteiger partial charge < -0.3 is 20.4 Å². The first kappa shape index (κ1) is 21.8. The number of allylic oxidation sites excluding steroid dienone is 2. The van der Waals surface area contributed by atoms with Crippen LogP contribution < -0.4 is 0 Å². The maximum atomic E-state index is 10.9. The minimum Gasteiger partial charge on any atom is -0.393 e. The van der Waals surface area contributed by atoms with E-state index in [1.54, 1.807) is 5.57 Å². The van der Waals surface area contributed by atoms with Crippen molar-refractivity contribution in [3.63, 3.8) is 0 Å². The van der Waals surface area contributed by atoms with Gasteiger partial charge in [0.15, 0.2) is 0 Å². The van der Waals surface area contributed by atoms with Crippen molar-refractivity contribution in [2.45, 2.75) is 97.4 Å². The number of hydrogen-bond acceptors (Lipinski definition) is 4. The van der Waals surface area contributed by atoms with Crippen LogP contribution in [0.3, 0.4) is 0 Å².